The molecule has 0 saturated heterocycles. The molecule has 2 unspecified atom stereocenters. The number of halogens is 1. The van der Waals surface area contributed by atoms with Crippen LogP contribution in [0.1, 0.15) is 25.8 Å². The van der Waals surface area contributed by atoms with Crippen LogP contribution >= 0.6 is 24.0 Å². The molecule has 0 aliphatic heterocycles. The van der Waals surface area contributed by atoms with Crippen LogP contribution in [0.2, 0.25) is 0 Å². The maximum absolute atomic E-state index is 5.02. The number of nitrogens with one attached hydrogen (secondary N) is 2. The van der Waals surface area contributed by atoms with Crippen molar-refractivity contribution in [1.29, 1.82) is 0 Å². The summed E-state index contributed by atoms with van der Waals surface area (Å²) in [5.41, 5.74) is 1.10. The van der Waals surface area contributed by atoms with Crippen LogP contribution in [0.25, 0.3) is 0 Å². The number of aliphatic imine (C=N–C) groups is 1. The fourth-order valence-electron chi connectivity index (χ4n) is 1.81. The average Bonchev–Trinajstić information content (AvgIpc) is 2.82. The first kappa shape index (κ1) is 15.3. The van der Waals surface area contributed by atoms with Gasteiger partial charge in [-0.3, -0.25) is 0 Å². The van der Waals surface area contributed by atoms with E-state index >= 15 is 0 Å². The van der Waals surface area contributed by atoms with Gasteiger partial charge >= 0.3 is 0 Å². The Morgan fingerprint density at radius 3 is 2.83 bits per heavy atom. The topological polar surface area (TPSA) is 49.6 Å². The van der Waals surface area contributed by atoms with E-state index in [4.69, 9.17) is 4.42 Å². The maximum Gasteiger partial charge on any atom is 0.191 e. The van der Waals surface area contributed by atoms with E-state index in [0.29, 0.717) is 6.54 Å². The molecule has 1 aliphatic rings. The average molecular weight is 363 g/mol. The molecule has 2 N–H and O–H groups in total. The highest BCUT2D eigenvalue weighted by Crippen LogP contribution is 2.36. The Morgan fingerprint density at radius 1 is 1.50 bits per heavy atom. The maximum atomic E-state index is 5.02. The van der Waals surface area contributed by atoms with Crippen molar-refractivity contribution in [2.45, 2.75) is 26.8 Å². The summed E-state index contributed by atoms with van der Waals surface area (Å²) in [7, 11) is 0. The van der Waals surface area contributed by atoms with E-state index in [1.807, 2.05) is 6.07 Å². The van der Waals surface area contributed by atoms with E-state index < -0.39 is 0 Å². The first-order chi connectivity index (χ1) is 8.29. The number of rotatable bonds is 5. The first-order valence-corrected chi connectivity index (χ1v) is 6.33. The Labute approximate surface area is 126 Å². The van der Waals surface area contributed by atoms with Gasteiger partial charge < -0.3 is 15.1 Å². The summed E-state index contributed by atoms with van der Waals surface area (Å²) < 4.78 is 5.02. The third kappa shape index (κ3) is 4.88. The lowest BCUT2D eigenvalue weighted by Crippen LogP contribution is -2.38. The fourth-order valence-corrected chi connectivity index (χ4v) is 1.81. The molecule has 2 atom stereocenters. The zero-order chi connectivity index (χ0) is 12.1. The molecule has 4 nitrogen and oxygen atoms in total. The van der Waals surface area contributed by atoms with Crippen molar-refractivity contribution < 1.29 is 4.42 Å². The quantitative estimate of drug-likeness (QED) is 0.480. The summed E-state index contributed by atoms with van der Waals surface area (Å²) in [6.07, 6.45) is 4.75. The minimum atomic E-state index is 0. The zero-order valence-electron chi connectivity index (χ0n) is 11.0. The Kier molecular flexibility index (Phi) is 6.52. The summed E-state index contributed by atoms with van der Waals surface area (Å²) in [6.45, 7) is 6.94. The number of furan rings is 1. The molecule has 2 rings (SSSR count). The highest BCUT2D eigenvalue weighted by molar-refractivity contribution is 14.0. The fraction of sp³-hybridized carbons (Fsp3) is 0.615. The van der Waals surface area contributed by atoms with Crippen molar-refractivity contribution in [3.8, 4) is 0 Å². The van der Waals surface area contributed by atoms with Gasteiger partial charge in [-0.1, -0.05) is 6.92 Å². The molecule has 1 heterocycles. The van der Waals surface area contributed by atoms with Crippen molar-refractivity contribution in [2.24, 2.45) is 16.8 Å². The summed E-state index contributed by atoms with van der Waals surface area (Å²) in [5.74, 6) is 2.60. The molecule has 5 heteroatoms. The molecule has 0 radical (unpaired) electrons. The third-order valence-corrected chi connectivity index (χ3v) is 3.15. The van der Waals surface area contributed by atoms with Gasteiger partial charge in [0.05, 0.1) is 19.1 Å². The molecule has 102 valence electrons. The molecule has 0 aromatic carbocycles. The van der Waals surface area contributed by atoms with Gasteiger partial charge in [-0.25, -0.2) is 4.99 Å². The predicted octanol–water partition coefficient (Wildman–Crippen LogP) is 2.61. The van der Waals surface area contributed by atoms with Gasteiger partial charge in [0, 0.05) is 18.7 Å². The molecular formula is C13H22IN3O. The van der Waals surface area contributed by atoms with Gasteiger partial charge in [-0.05, 0) is 31.2 Å². The minimum absolute atomic E-state index is 0. The summed E-state index contributed by atoms with van der Waals surface area (Å²) in [5, 5.41) is 6.64. The van der Waals surface area contributed by atoms with E-state index in [1.54, 1.807) is 12.5 Å². The zero-order valence-corrected chi connectivity index (χ0v) is 13.3. The van der Waals surface area contributed by atoms with Crippen LogP contribution < -0.4 is 10.6 Å². The van der Waals surface area contributed by atoms with Crippen molar-refractivity contribution in [3.05, 3.63) is 24.2 Å². The second kappa shape index (κ2) is 7.66. The van der Waals surface area contributed by atoms with Gasteiger partial charge in [0.15, 0.2) is 5.96 Å². The molecule has 1 aromatic rings. The smallest absolute Gasteiger partial charge is 0.191 e. The molecule has 0 spiro atoms. The van der Waals surface area contributed by atoms with Crippen LogP contribution in [0.15, 0.2) is 28.0 Å². The lowest BCUT2D eigenvalue weighted by Gasteiger charge is -2.10. The second-order valence-electron chi connectivity index (χ2n) is 4.68. The van der Waals surface area contributed by atoms with Crippen molar-refractivity contribution in [1.82, 2.24) is 10.6 Å². The predicted molar refractivity (Wildman–Crippen MR) is 84.2 cm³/mol. The lowest BCUT2D eigenvalue weighted by atomic mass is 10.3. The van der Waals surface area contributed by atoms with Crippen molar-refractivity contribution in [3.63, 3.8) is 0 Å². The van der Waals surface area contributed by atoms with Crippen LogP contribution in [0.5, 0.6) is 0 Å². The molecule has 0 bridgehead atoms. The first-order valence-electron chi connectivity index (χ1n) is 6.33. The van der Waals surface area contributed by atoms with Gasteiger partial charge in [0.25, 0.3) is 0 Å². The Morgan fingerprint density at radius 2 is 2.28 bits per heavy atom. The number of hydrogen-bond donors (Lipinski definition) is 2. The molecule has 0 amide bonds. The van der Waals surface area contributed by atoms with Gasteiger partial charge in [0.1, 0.15) is 0 Å². The second-order valence-corrected chi connectivity index (χ2v) is 4.68. The summed E-state index contributed by atoms with van der Waals surface area (Å²) >= 11 is 0. The lowest BCUT2D eigenvalue weighted by molar-refractivity contribution is 0.564. The number of nitrogens with zero attached hydrogens (tertiary/aromatic N) is 1. The normalized spacial score (nSPS) is 22.2. The molecule has 1 aromatic heterocycles. The highest BCUT2D eigenvalue weighted by Gasteiger charge is 2.32. The Bertz CT molecular complexity index is 364. The van der Waals surface area contributed by atoms with Crippen molar-refractivity contribution in [2.75, 3.05) is 13.1 Å². The SMILES string of the molecule is CCNC(=NCc1ccoc1)NCC1CC1C.I. The Balaban J connectivity index is 0.00000162. The number of hydrogen-bond acceptors (Lipinski definition) is 2. The van der Waals surface area contributed by atoms with E-state index in [0.717, 1.165) is 36.4 Å². The molecule has 1 saturated carbocycles. The Hall–Kier alpha value is -0.720. The van der Waals surface area contributed by atoms with E-state index in [1.165, 1.54) is 6.42 Å². The van der Waals surface area contributed by atoms with Crippen molar-refractivity contribution >= 4 is 29.9 Å². The summed E-state index contributed by atoms with van der Waals surface area (Å²) in [6, 6.07) is 1.94. The van der Waals surface area contributed by atoms with Gasteiger partial charge in [0.2, 0.25) is 0 Å². The standard InChI is InChI=1S/C13H21N3O.HI/c1-3-14-13(16-8-12-6-10(12)2)15-7-11-4-5-17-9-11;/h4-5,9-10,12H,3,6-8H2,1-2H3,(H2,14,15,16);1H. The van der Waals surface area contributed by atoms with Crippen LogP contribution in [0.3, 0.4) is 0 Å². The molecule has 18 heavy (non-hydrogen) atoms. The van der Waals surface area contributed by atoms with E-state index in [9.17, 15) is 0 Å². The van der Waals surface area contributed by atoms with Gasteiger partial charge in [-0.15, -0.1) is 24.0 Å². The van der Waals surface area contributed by atoms with Gasteiger partial charge in [-0.2, -0.15) is 0 Å². The monoisotopic (exact) mass is 363 g/mol. The number of guanidine groups is 1. The summed E-state index contributed by atoms with van der Waals surface area (Å²) in [4.78, 5) is 4.52. The molecular weight excluding hydrogens is 341 g/mol. The van der Waals surface area contributed by atoms with Crippen LogP contribution in [-0.4, -0.2) is 19.0 Å². The van der Waals surface area contributed by atoms with E-state index in [-0.39, 0.29) is 24.0 Å². The van der Waals surface area contributed by atoms with E-state index in [2.05, 4.69) is 29.5 Å². The largest absolute Gasteiger partial charge is 0.472 e. The molecule has 1 fully saturated rings. The third-order valence-electron chi connectivity index (χ3n) is 3.15. The molecule has 1 aliphatic carbocycles. The van der Waals surface area contributed by atoms with Crippen LogP contribution in [0.4, 0.5) is 0 Å². The van der Waals surface area contributed by atoms with Crippen LogP contribution in [-0.2, 0) is 6.54 Å². The van der Waals surface area contributed by atoms with Crippen LogP contribution in [0, 0.1) is 11.8 Å². The minimum Gasteiger partial charge on any atom is -0.472 e. The highest BCUT2D eigenvalue weighted by atomic mass is 127.